The van der Waals surface area contributed by atoms with Gasteiger partial charge in [-0.15, -0.1) is 0 Å². The Labute approximate surface area is 184 Å². The number of nitrogens with zero attached hydrogens (tertiary/aromatic N) is 4. The summed E-state index contributed by atoms with van der Waals surface area (Å²) < 4.78 is 28.4. The fourth-order valence-corrected chi connectivity index (χ4v) is 3.90. The molecule has 1 aromatic carbocycles. The molecule has 2 heterocycles. The number of alkyl halides is 2. The molecule has 1 aliphatic carbocycles. The second kappa shape index (κ2) is 9.25. The van der Waals surface area contributed by atoms with Gasteiger partial charge in [0.05, 0.1) is 11.0 Å². The van der Waals surface area contributed by atoms with E-state index in [2.05, 4.69) is 20.3 Å². The van der Waals surface area contributed by atoms with E-state index in [9.17, 15) is 13.6 Å². The number of aliphatic imine (C=N–C) groups is 1. The van der Waals surface area contributed by atoms with Crippen molar-refractivity contribution in [2.24, 2.45) is 16.6 Å². The summed E-state index contributed by atoms with van der Waals surface area (Å²) in [6.07, 6.45) is 3.68. The van der Waals surface area contributed by atoms with Gasteiger partial charge in [-0.3, -0.25) is 19.3 Å². The van der Waals surface area contributed by atoms with Gasteiger partial charge in [-0.25, -0.2) is 13.8 Å². The maximum absolute atomic E-state index is 13.5. The summed E-state index contributed by atoms with van der Waals surface area (Å²) in [6, 6.07) is 10.4. The van der Waals surface area contributed by atoms with E-state index in [1.54, 1.807) is 61.8 Å². The molecule has 0 radical (unpaired) electrons. The first-order valence-corrected chi connectivity index (χ1v) is 10.4. The Morgan fingerprint density at radius 1 is 1.28 bits per heavy atom. The normalized spacial score (nSPS) is 19.2. The van der Waals surface area contributed by atoms with Crippen LogP contribution < -0.4 is 11.1 Å². The third-order valence-electron chi connectivity index (χ3n) is 5.54. The SMILES string of the molecule is C/C(=C\C(N)=NCC1CC(NC(=O)c2ccncc2)C1)n1c(C(F)F)nc2ccccc21. The molecule has 32 heavy (non-hydrogen) atoms. The first-order valence-electron chi connectivity index (χ1n) is 10.4. The first-order chi connectivity index (χ1) is 15.4. The molecule has 1 amide bonds. The van der Waals surface area contributed by atoms with Crippen molar-refractivity contribution in [3.05, 3.63) is 66.3 Å². The van der Waals surface area contributed by atoms with Gasteiger partial charge in [0.1, 0.15) is 5.84 Å². The minimum atomic E-state index is -2.71. The number of pyridine rings is 1. The molecule has 7 nitrogen and oxygen atoms in total. The number of rotatable bonds is 7. The second-order valence-electron chi connectivity index (χ2n) is 7.89. The number of para-hydroxylation sites is 2. The molecule has 1 aliphatic rings. The van der Waals surface area contributed by atoms with Crippen LogP contribution in [-0.2, 0) is 0 Å². The van der Waals surface area contributed by atoms with Crippen LogP contribution >= 0.6 is 0 Å². The van der Waals surface area contributed by atoms with Crippen LogP contribution in [-0.4, -0.2) is 38.9 Å². The van der Waals surface area contributed by atoms with Crippen molar-refractivity contribution in [3.8, 4) is 0 Å². The van der Waals surface area contributed by atoms with E-state index >= 15 is 0 Å². The Balaban J connectivity index is 1.36. The van der Waals surface area contributed by atoms with E-state index in [0.717, 1.165) is 12.8 Å². The van der Waals surface area contributed by atoms with Gasteiger partial charge in [0, 0.05) is 36.2 Å². The van der Waals surface area contributed by atoms with Crippen molar-refractivity contribution in [2.75, 3.05) is 6.54 Å². The van der Waals surface area contributed by atoms with Crippen LogP contribution in [0.5, 0.6) is 0 Å². The largest absolute Gasteiger partial charge is 0.384 e. The fraction of sp³-hybridized carbons (Fsp3) is 0.304. The summed E-state index contributed by atoms with van der Waals surface area (Å²) in [4.78, 5) is 24.5. The minimum Gasteiger partial charge on any atom is -0.384 e. The van der Waals surface area contributed by atoms with Crippen molar-refractivity contribution < 1.29 is 13.6 Å². The number of nitrogens with two attached hydrogens (primary N) is 1. The number of imidazole rings is 1. The lowest BCUT2D eigenvalue weighted by molar-refractivity contribution is 0.0892. The summed E-state index contributed by atoms with van der Waals surface area (Å²) in [5.74, 6) is 0.153. The predicted molar refractivity (Wildman–Crippen MR) is 119 cm³/mol. The molecule has 0 unspecified atom stereocenters. The van der Waals surface area contributed by atoms with Gasteiger partial charge in [0.15, 0.2) is 5.82 Å². The van der Waals surface area contributed by atoms with E-state index in [-0.39, 0.29) is 23.6 Å². The van der Waals surface area contributed by atoms with E-state index in [1.807, 2.05) is 0 Å². The van der Waals surface area contributed by atoms with Crippen molar-refractivity contribution >= 4 is 28.5 Å². The van der Waals surface area contributed by atoms with E-state index in [1.165, 1.54) is 4.57 Å². The number of allylic oxidation sites excluding steroid dienone is 1. The molecule has 9 heteroatoms. The summed E-state index contributed by atoms with van der Waals surface area (Å²) in [5.41, 5.74) is 8.24. The van der Waals surface area contributed by atoms with Gasteiger partial charge in [-0.2, -0.15) is 0 Å². The minimum absolute atomic E-state index is 0.111. The number of carbonyl (C=O) groups excluding carboxylic acids is 1. The average molecular weight is 438 g/mol. The van der Waals surface area contributed by atoms with Crippen molar-refractivity contribution in [1.29, 1.82) is 0 Å². The fourth-order valence-electron chi connectivity index (χ4n) is 3.90. The highest BCUT2D eigenvalue weighted by Gasteiger charge is 2.30. The summed E-state index contributed by atoms with van der Waals surface area (Å²) in [5, 5.41) is 3.00. The number of benzene rings is 1. The van der Waals surface area contributed by atoms with E-state index in [0.29, 0.717) is 34.8 Å². The molecule has 1 fully saturated rings. The number of aromatic nitrogens is 3. The molecule has 166 valence electrons. The molecule has 0 atom stereocenters. The zero-order valence-corrected chi connectivity index (χ0v) is 17.6. The van der Waals surface area contributed by atoms with Crippen LogP contribution in [0.4, 0.5) is 8.78 Å². The molecule has 0 aliphatic heterocycles. The number of amidine groups is 1. The highest BCUT2D eigenvalue weighted by Crippen LogP contribution is 2.29. The van der Waals surface area contributed by atoms with Crippen LogP contribution in [0.25, 0.3) is 16.7 Å². The first kappa shape index (κ1) is 21.6. The van der Waals surface area contributed by atoms with Gasteiger partial charge >= 0.3 is 0 Å². The smallest absolute Gasteiger partial charge is 0.295 e. The summed E-state index contributed by atoms with van der Waals surface area (Å²) in [7, 11) is 0. The maximum Gasteiger partial charge on any atom is 0.295 e. The zero-order valence-electron chi connectivity index (χ0n) is 17.6. The Kier molecular flexibility index (Phi) is 6.25. The number of hydrogen-bond acceptors (Lipinski definition) is 4. The van der Waals surface area contributed by atoms with Crippen molar-refractivity contribution in [3.63, 3.8) is 0 Å². The monoisotopic (exact) mass is 438 g/mol. The number of fused-ring (bicyclic) bond motifs is 1. The quantitative estimate of drug-likeness (QED) is 0.433. The molecule has 0 bridgehead atoms. The Bertz CT molecular complexity index is 1170. The lowest BCUT2D eigenvalue weighted by atomic mass is 9.80. The van der Waals surface area contributed by atoms with Crippen LogP contribution in [0, 0.1) is 5.92 Å². The lowest BCUT2D eigenvalue weighted by Crippen LogP contribution is -2.45. The van der Waals surface area contributed by atoms with Crippen LogP contribution in [0.2, 0.25) is 0 Å². The molecule has 4 rings (SSSR count). The van der Waals surface area contributed by atoms with Crippen molar-refractivity contribution in [1.82, 2.24) is 19.9 Å². The van der Waals surface area contributed by atoms with Gasteiger partial charge in [-0.05, 0) is 56.0 Å². The number of hydrogen-bond donors (Lipinski definition) is 2. The van der Waals surface area contributed by atoms with E-state index < -0.39 is 6.43 Å². The molecule has 3 N–H and O–H groups in total. The highest BCUT2D eigenvalue weighted by atomic mass is 19.3. The molecule has 0 spiro atoms. The Hall–Kier alpha value is -3.62. The second-order valence-corrected chi connectivity index (χ2v) is 7.89. The van der Waals surface area contributed by atoms with Crippen LogP contribution in [0.1, 0.15) is 42.4 Å². The molecule has 0 saturated heterocycles. The third kappa shape index (κ3) is 4.66. The molecule has 2 aromatic heterocycles. The van der Waals surface area contributed by atoms with Gasteiger partial charge < -0.3 is 11.1 Å². The third-order valence-corrected chi connectivity index (χ3v) is 5.54. The van der Waals surface area contributed by atoms with Gasteiger partial charge in [0.2, 0.25) is 0 Å². The molecule has 3 aromatic rings. The lowest BCUT2D eigenvalue weighted by Gasteiger charge is -2.34. The van der Waals surface area contributed by atoms with Crippen LogP contribution in [0.15, 0.2) is 59.9 Å². The number of halogens is 2. The molecular weight excluding hydrogens is 414 g/mol. The Morgan fingerprint density at radius 3 is 2.72 bits per heavy atom. The summed E-state index contributed by atoms with van der Waals surface area (Å²) >= 11 is 0. The van der Waals surface area contributed by atoms with Crippen LogP contribution in [0.3, 0.4) is 0 Å². The standard InChI is InChI=1S/C23H24F2N6O/c1-14(31-19-5-3-2-4-18(19)30-22(31)21(24)25)10-20(26)28-13-15-11-17(12-15)29-23(32)16-6-8-27-9-7-16/h2-10,15,17,21H,11-13H2,1H3,(H2,26,28)(H,29,32)/b14-10+. The van der Waals surface area contributed by atoms with Gasteiger partial charge in [0.25, 0.3) is 12.3 Å². The van der Waals surface area contributed by atoms with Gasteiger partial charge in [-0.1, -0.05) is 12.1 Å². The number of nitrogens with one attached hydrogen (secondary N) is 1. The average Bonchev–Trinajstić information content (AvgIpc) is 3.16. The van der Waals surface area contributed by atoms with Crippen molar-refractivity contribution in [2.45, 2.75) is 32.2 Å². The Morgan fingerprint density at radius 2 is 2.00 bits per heavy atom. The summed E-state index contributed by atoms with van der Waals surface area (Å²) in [6.45, 7) is 2.22. The molecular formula is C23H24F2N6O. The zero-order chi connectivity index (χ0) is 22.7. The van der Waals surface area contributed by atoms with E-state index in [4.69, 9.17) is 5.73 Å². The maximum atomic E-state index is 13.5. The number of amides is 1. The number of carbonyl (C=O) groups is 1. The predicted octanol–water partition coefficient (Wildman–Crippen LogP) is 3.80. The topological polar surface area (TPSA) is 98.2 Å². The molecule has 1 saturated carbocycles. The highest BCUT2D eigenvalue weighted by molar-refractivity contribution is 5.96.